The molecule has 0 saturated heterocycles. The van der Waals surface area contributed by atoms with Gasteiger partial charge in [0, 0.05) is 17.9 Å². The Hall–Kier alpha value is -0.690. The summed E-state index contributed by atoms with van der Waals surface area (Å²) in [5.74, 6) is 4.64. The first-order chi connectivity index (χ1) is 7.85. The number of hydrogen-bond donors (Lipinski definition) is 2. The lowest BCUT2D eigenvalue weighted by molar-refractivity contribution is 0.498. The number of benzene rings is 1. The minimum absolute atomic E-state index is 0.0119. The molecule has 1 rings (SSSR count). The summed E-state index contributed by atoms with van der Waals surface area (Å²) in [6.07, 6.45) is 1.31. The fraction of sp³-hybridized carbons (Fsp3) is 0.400. The van der Waals surface area contributed by atoms with Gasteiger partial charge in [-0.05, 0) is 12.5 Å². The lowest BCUT2D eigenvalue weighted by atomic mass is 10.0. The van der Waals surface area contributed by atoms with E-state index >= 15 is 0 Å². The first-order valence-electron chi connectivity index (χ1n) is 4.93. The standard InChI is InChI=1S/C10H14ClFN2O2S/c1-17(15,16)6-5-9(14-13)7-3-2-4-8(11)10(7)12/h2-4,9,14H,5-6,13H2,1H3. The van der Waals surface area contributed by atoms with Gasteiger partial charge in [-0.3, -0.25) is 11.3 Å². The lowest BCUT2D eigenvalue weighted by Gasteiger charge is -2.16. The summed E-state index contributed by atoms with van der Waals surface area (Å²) in [4.78, 5) is 0. The average Bonchev–Trinajstić information content (AvgIpc) is 2.23. The number of hydrazine groups is 1. The van der Waals surface area contributed by atoms with E-state index in [0.717, 1.165) is 6.26 Å². The number of hydrogen-bond acceptors (Lipinski definition) is 4. The number of halogens is 2. The molecule has 17 heavy (non-hydrogen) atoms. The van der Waals surface area contributed by atoms with Crippen molar-refractivity contribution in [1.29, 1.82) is 0 Å². The second-order valence-electron chi connectivity index (χ2n) is 3.78. The smallest absolute Gasteiger partial charge is 0.147 e. The van der Waals surface area contributed by atoms with Gasteiger partial charge in [-0.2, -0.15) is 0 Å². The number of nitrogens with one attached hydrogen (secondary N) is 1. The van der Waals surface area contributed by atoms with E-state index in [1.807, 2.05) is 0 Å². The monoisotopic (exact) mass is 280 g/mol. The Labute approximate surface area is 105 Å². The largest absolute Gasteiger partial charge is 0.271 e. The fourth-order valence-corrected chi connectivity index (χ4v) is 2.30. The molecule has 4 nitrogen and oxygen atoms in total. The van der Waals surface area contributed by atoms with Gasteiger partial charge in [0.25, 0.3) is 0 Å². The molecule has 3 N–H and O–H groups in total. The van der Waals surface area contributed by atoms with Crippen molar-refractivity contribution in [3.8, 4) is 0 Å². The van der Waals surface area contributed by atoms with Crippen molar-refractivity contribution in [2.75, 3.05) is 12.0 Å². The highest BCUT2D eigenvalue weighted by molar-refractivity contribution is 7.90. The van der Waals surface area contributed by atoms with Gasteiger partial charge in [-0.1, -0.05) is 23.7 Å². The first-order valence-corrected chi connectivity index (χ1v) is 7.36. The number of rotatable bonds is 5. The van der Waals surface area contributed by atoms with Crippen LogP contribution in [0.2, 0.25) is 5.02 Å². The van der Waals surface area contributed by atoms with Gasteiger partial charge >= 0.3 is 0 Å². The molecular weight excluding hydrogens is 267 g/mol. The summed E-state index contributed by atoms with van der Waals surface area (Å²) < 4.78 is 35.8. The molecule has 0 aliphatic rings. The molecule has 7 heteroatoms. The van der Waals surface area contributed by atoms with Crippen LogP contribution in [-0.2, 0) is 9.84 Å². The van der Waals surface area contributed by atoms with Gasteiger partial charge in [-0.25, -0.2) is 12.8 Å². The fourth-order valence-electron chi connectivity index (χ4n) is 1.45. The predicted molar refractivity (Wildman–Crippen MR) is 65.8 cm³/mol. The van der Waals surface area contributed by atoms with Crippen LogP contribution in [0, 0.1) is 5.82 Å². The van der Waals surface area contributed by atoms with Crippen molar-refractivity contribution in [1.82, 2.24) is 5.43 Å². The van der Waals surface area contributed by atoms with E-state index in [0.29, 0.717) is 0 Å². The Morgan fingerprint density at radius 2 is 2.18 bits per heavy atom. The number of nitrogens with two attached hydrogens (primary N) is 1. The van der Waals surface area contributed by atoms with Crippen molar-refractivity contribution in [3.63, 3.8) is 0 Å². The van der Waals surface area contributed by atoms with Crippen LogP contribution < -0.4 is 11.3 Å². The summed E-state index contributed by atoms with van der Waals surface area (Å²) in [5.41, 5.74) is 2.66. The van der Waals surface area contributed by atoms with Crippen LogP contribution in [0.4, 0.5) is 4.39 Å². The third-order valence-electron chi connectivity index (χ3n) is 2.34. The van der Waals surface area contributed by atoms with Crippen LogP contribution in [0.25, 0.3) is 0 Å². The van der Waals surface area contributed by atoms with Crippen LogP contribution >= 0.6 is 11.6 Å². The third kappa shape index (κ3) is 4.23. The molecule has 0 aromatic heterocycles. The summed E-state index contributed by atoms with van der Waals surface area (Å²) >= 11 is 5.64. The summed E-state index contributed by atoms with van der Waals surface area (Å²) in [6.45, 7) is 0. The highest BCUT2D eigenvalue weighted by Crippen LogP contribution is 2.25. The first kappa shape index (κ1) is 14.4. The van der Waals surface area contributed by atoms with E-state index in [9.17, 15) is 12.8 Å². The zero-order chi connectivity index (χ0) is 13.1. The molecule has 1 aromatic rings. The van der Waals surface area contributed by atoms with Gasteiger partial charge in [0.15, 0.2) is 0 Å². The molecular formula is C10H14ClFN2O2S. The Kier molecular flexibility index (Phi) is 4.88. The molecule has 1 atom stereocenters. The number of sulfone groups is 1. The van der Waals surface area contributed by atoms with Crippen molar-refractivity contribution in [2.45, 2.75) is 12.5 Å². The Morgan fingerprint density at radius 1 is 1.53 bits per heavy atom. The molecule has 96 valence electrons. The van der Waals surface area contributed by atoms with Crippen LogP contribution in [0.5, 0.6) is 0 Å². The molecule has 1 unspecified atom stereocenters. The molecule has 0 bridgehead atoms. The highest BCUT2D eigenvalue weighted by Gasteiger charge is 2.18. The molecule has 0 aliphatic heterocycles. The topological polar surface area (TPSA) is 72.2 Å². The minimum atomic E-state index is -3.11. The van der Waals surface area contributed by atoms with E-state index in [1.165, 1.54) is 12.1 Å². The highest BCUT2D eigenvalue weighted by atomic mass is 35.5. The summed E-state index contributed by atoms with van der Waals surface area (Å²) in [5, 5.41) is -0.0119. The zero-order valence-electron chi connectivity index (χ0n) is 9.28. The molecule has 0 aliphatic carbocycles. The van der Waals surface area contributed by atoms with Crippen molar-refractivity contribution < 1.29 is 12.8 Å². The summed E-state index contributed by atoms with van der Waals surface area (Å²) in [7, 11) is -3.11. The molecule has 0 saturated carbocycles. The Balaban J connectivity index is 2.90. The summed E-state index contributed by atoms with van der Waals surface area (Å²) in [6, 6.07) is 3.95. The van der Waals surface area contributed by atoms with Crippen LogP contribution in [-0.4, -0.2) is 20.4 Å². The van der Waals surface area contributed by atoms with E-state index in [2.05, 4.69) is 5.43 Å². The van der Waals surface area contributed by atoms with Gasteiger partial charge in [-0.15, -0.1) is 0 Å². The van der Waals surface area contributed by atoms with Crippen LogP contribution in [0.15, 0.2) is 18.2 Å². The van der Waals surface area contributed by atoms with Crippen molar-refractivity contribution in [2.24, 2.45) is 5.84 Å². The van der Waals surface area contributed by atoms with Gasteiger partial charge in [0.1, 0.15) is 15.7 Å². The van der Waals surface area contributed by atoms with Crippen LogP contribution in [0.1, 0.15) is 18.0 Å². The van der Waals surface area contributed by atoms with Gasteiger partial charge in [0.2, 0.25) is 0 Å². The maximum Gasteiger partial charge on any atom is 0.147 e. The molecule has 0 amide bonds. The van der Waals surface area contributed by atoms with Gasteiger partial charge < -0.3 is 0 Å². The SMILES string of the molecule is CS(=O)(=O)CCC(NN)c1cccc(Cl)c1F. The average molecular weight is 281 g/mol. The second kappa shape index (κ2) is 5.77. The molecule has 0 radical (unpaired) electrons. The Bertz CT molecular complexity index is 493. The van der Waals surface area contributed by atoms with Crippen molar-refractivity contribution >= 4 is 21.4 Å². The maximum absolute atomic E-state index is 13.7. The molecule has 0 heterocycles. The molecule has 0 fully saturated rings. The van der Waals surface area contributed by atoms with Crippen molar-refractivity contribution in [3.05, 3.63) is 34.6 Å². The lowest BCUT2D eigenvalue weighted by Crippen LogP contribution is -2.30. The van der Waals surface area contributed by atoms with E-state index in [-0.39, 0.29) is 22.8 Å². The maximum atomic E-state index is 13.7. The Morgan fingerprint density at radius 3 is 2.71 bits per heavy atom. The minimum Gasteiger partial charge on any atom is -0.271 e. The van der Waals surface area contributed by atoms with Crippen LogP contribution in [0.3, 0.4) is 0 Å². The second-order valence-corrected chi connectivity index (χ2v) is 6.45. The predicted octanol–water partition coefficient (Wildman–Crippen LogP) is 1.42. The third-order valence-corrected chi connectivity index (χ3v) is 3.60. The van der Waals surface area contributed by atoms with E-state index < -0.39 is 21.7 Å². The van der Waals surface area contributed by atoms with E-state index in [4.69, 9.17) is 17.4 Å². The zero-order valence-corrected chi connectivity index (χ0v) is 10.9. The molecule has 0 spiro atoms. The molecule has 1 aromatic carbocycles. The van der Waals surface area contributed by atoms with E-state index in [1.54, 1.807) is 6.07 Å². The van der Waals surface area contributed by atoms with Gasteiger partial charge in [0.05, 0.1) is 10.8 Å². The quantitative estimate of drug-likeness (QED) is 0.632. The normalized spacial score (nSPS) is 13.6.